The third-order valence-electron chi connectivity index (χ3n) is 1.64. The number of carbonyl (C=O) groups excluding carboxylic acids is 1. The Balaban J connectivity index is 2.60. The van der Waals surface area contributed by atoms with E-state index < -0.39 is 0 Å². The second kappa shape index (κ2) is 4.76. The molecule has 0 amide bonds. The SMILES string of the molecule is COC(=O)CSc1ccc(N)c(N)c1. The van der Waals surface area contributed by atoms with E-state index in [0.29, 0.717) is 11.4 Å². The summed E-state index contributed by atoms with van der Waals surface area (Å²) in [6.45, 7) is 0. The molecule has 0 saturated heterocycles. The lowest BCUT2D eigenvalue weighted by Gasteiger charge is -2.03. The Morgan fingerprint density at radius 1 is 1.43 bits per heavy atom. The van der Waals surface area contributed by atoms with Crippen molar-refractivity contribution in [1.29, 1.82) is 0 Å². The van der Waals surface area contributed by atoms with E-state index in [9.17, 15) is 4.79 Å². The van der Waals surface area contributed by atoms with Crippen molar-refractivity contribution in [2.45, 2.75) is 4.90 Å². The van der Waals surface area contributed by atoms with Gasteiger partial charge in [0.05, 0.1) is 24.2 Å². The molecule has 0 fully saturated rings. The van der Waals surface area contributed by atoms with Crippen molar-refractivity contribution in [3.8, 4) is 0 Å². The van der Waals surface area contributed by atoms with Crippen LogP contribution in [-0.4, -0.2) is 18.8 Å². The van der Waals surface area contributed by atoms with Gasteiger partial charge < -0.3 is 16.2 Å². The van der Waals surface area contributed by atoms with E-state index in [-0.39, 0.29) is 11.7 Å². The molecule has 0 aliphatic heterocycles. The highest BCUT2D eigenvalue weighted by Crippen LogP contribution is 2.24. The van der Waals surface area contributed by atoms with E-state index in [1.807, 2.05) is 6.07 Å². The Labute approximate surface area is 86.6 Å². The molecule has 4 N–H and O–H groups in total. The minimum Gasteiger partial charge on any atom is -0.468 e. The largest absolute Gasteiger partial charge is 0.468 e. The van der Waals surface area contributed by atoms with Gasteiger partial charge in [0.25, 0.3) is 0 Å². The number of rotatable bonds is 3. The summed E-state index contributed by atoms with van der Waals surface area (Å²) in [7, 11) is 1.36. The summed E-state index contributed by atoms with van der Waals surface area (Å²) in [6.07, 6.45) is 0. The summed E-state index contributed by atoms with van der Waals surface area (Å²) in [6, 6.07) is 5.27. The molecule has 76 valence electrons. The first-order valence-corrected chi connectivity index (χ1v) is 4.96. The highest BCUT2D eigenvalue weighted by molar-refractivity contribution is 8.00. The van der Waals surface area contributed by atoms with Gasteiger partial charge in [0.15, 0.2) is 0 Å². The van der Waals surface area contributed by atoms with Gasteiger partial charge >= 0.3 is 5.97 Å². The zero-order valence-corrected chi connectivity index (χ0v) is 8.64. The molecule has 0 spiro atoms. The lowest BCUT2D eigenvalue weighted by molar-refractivity contribution is -0.137. The van der Waals surface area contributed by atoms with Crippen LogP contribution in [0.5, 0.6) is 0 Å². The number of ether oxygens (including phenoxy) is 1. The third kappa shape index (κ3) is 2.85. The summed E-state index contributed by atoms with van der Waals surface area (Å²) in [5.41, 5.74) is 12.2. The fraction of sp³-hybridized carbons (Fsp3) is 0.222. The molecule has 1 aromatic rings. The van der Waals surface area contributed by atoms with Gasteiger partial charge in [-0.3, -0.25) is 4.79 Å². The number of hydrogen-bond donors (Lipinski definition) is 2. The van der Waals surface area contributed by atoms with Crippen molar-refractivity contribution in [1.82, 2.24) is 0 Å². The van der Waals surface area contributed by atoms with E-state index in [4.69, 9.17) is 11.5 Å². The molecule has 0 aliphatic rings. The summed E-state index contributed by atoms with van der Waals surface area (Å²) in [4.78, 5) is 11.7. The van der Waals surface area contributed by atoms with Gasteiger partial charge in [-0.1, -0.05) is 0 Å². The molecule has 4 nitrogen and oxygen atoms in total. The summed E-state index contributed by atoms with van der Waals surface area (Å²) in [5.74, 6) is 0.0187. The molecule has 0 unspecified atom stereocenters. The van der Waals surface area contributed by atoms with Crippen molar-refractivity contribution < 1.29 is 9.53 Å². The van der Waals surface area contributed by atoms with Crippen LogP contribution in [0.2, 0.25) is 0 Å². The van der Waals surface area contributed by atoms with Crippen LogP contribution in [0.3, 0.4) is 0 Å². The van der Waals surface area contributed by atoms with Crippen molar-refractivity contribution in [2.24, 2.45) is 0 Å². The van der Waals surface area contributed by atoms with E-state index in [0.717, 1.165) is 4.90 Å². The number of anilines is 2. The predicted molar refractivity (Wildman–Crippen MR) is 58.0 cm³/mol. The molecular formula is C9H12N2O2S. The molecule has 0 bridgehead atoms. The number of esters is 1. The minimum atomic E-state index is -0.259. The van der Waals surface area contributed by atoms with E-state index in [1.54, 1.807) is 12.1 Å². The highest BCUT2D eigenvalue weighted by atomic mass is 32.2. The number of benzene rings is 1. The minimum absolute atomic E-state index is 0.259. The molecule has 0 heterocycles. The molecule has 0 aromatic heterocycles. The van der Waals surface area contributed by atoms with Crippen LogP contribution in [-0.2, 0) is 9.53 Å². The lowest BCUT2D eigenvalue weighted by Crippen LogP contribution is -2.03. The monoisotopic (exact) mass is 212 g/mol. The average Bonchev–Trinajstić information content (AvgIpc) is 2.19. The maximum atomic E-state index is 10.8. The van der Waals surface area contributed by atoms with Gasteiger partial charge in [0.1, 0.15) is 0 Å². The molecule has 0 radical (unpaired) electrons. The molecule has 0 atom stereocenters. The molecule has 14 heavy (non-hydrogen) atoms. The van der Waals surface area contributed by atoms with Crippen molar-refractivity contribution in [3.05, 3.63) is 18.2 Å². The lowest BCUT2D eigenvalue weighted by atomic mass is 10.3. The van der Waals surface area contributed by atoms with Crippen LogP contribution in [0.25, 0.3) is 0 Å². The second-order valence-corrected chi connectivity index (χ2v) is 3.70. The summed E-state index contributed by atoms with van der Waals surface area (Å²) in [5, 5.41) is 0. The first kappa shape index (κ1) is 10.7. The summed E-state index contributed by atoms with van der Waals surface area (Å²) >= 11 is 1.37. The van der Waals surface area contributed by atoms with E-state index in [2.05, 4.69) is 4.74 Å². The molecule has 1 aromatic carbocycles. The summed E-state index contributed by atoms with van der Waals surface area (Å²) < 4.78 is 4.51. The second-order valence-electron chi connectivity index (χ2n) is 2.66. The molecule has 0 saturated carbocycles. The number of nitrogen functional groups attached to an aromatic ring is 2. The Morgan fingerprint density at radius 3 is 2.71 bits per heavy atom. The normalized spacial score (nSPS) is 9.79. The molecule has 1 rings (SSSR count). The number of methoxy groups -OCH3 is 1. The molecule has 0 aliphatic carbocycles. The van der Waals surface area contributed by atoms with Crippen molar-refractivity contribution in [2.75, 3.05) is 24.3 Å². The maximum absolute atomic E-state index is 10.8. The highest BCUT2D eigenvalue weighted by Gasteiger charge is 2.03. The van der Waals surface area contributed by atoms with Gasteiger partial charge in [-0.05, 0) is 18.2 Å². The van der Waals surface area contributed by atoms with Gasteiger partial charge in [-0.2, -0.15) is 0 Å². The van der Waals surface area contributed by atoms with Gasteiger partial charge in [0, 0.05) is 4.90 Å². The van der Waals surface area contributed by atoms with Crippen LogP contribution in [0.15, 0.2) is 23.1 Å². The van der Waals surface area contributed by atoms with Crippen LogP contribution >= 0.6 is 11.8 Å². The number of hydrogen-bond acceptors (Lipinski definition) is 5. The Kier molecular flexibility index (Phi) is 3.64. The van der Waals surface area contributed by atoms with Crippen LogP contribution in [0.1, 0.15) is 0 Å². The number of carbonyl (C=O) groups is 1. The topological polar surface area (TPSA) is 78.3 Å². The molecular weight excluding hydrogens is 200 g/mol. The Bertz CT molecular complexity index is 342. The van der Waals surface area contributed by atoms with Crippen LogP contribution in [0.4, 0.5) is 11.4 Å². The van der Waals surface area contributed by atoms with Gasteiger partial charge in [-0.25, -0.2) is 0 Å². The van der Waals surface area contributed by atoms with E-state index in [1.165, 1.54) is 18.9 Å². The average molecular weight is 212 g/mol. The fourth-order valence-corrected chi connectivity index (χ4v) is 1.62. The third-order valence-corrected chi connectivity index (χ3v) is 2.61. The van der Waals surface area contributed by atoms with Gasteiger partial charge in [0.2, 0.25) is 0 Å². The Morgan fingerprint density at radius 2 is 2.14 bits per heavy atom. The van der Waals surface area contributed by atoms with Crippen molar-refractivity contribution in [3.63, 3.8) is 0 Å². The fourth-order valence-electron chi connectivity index (χ4n) is 0.844. The number of nitrogens with two attached hydrogens (primary N) is 2. The zero-order valence-electron chi connectivity index (χ0n) is 7.82. The van der Waals surface area contributed by atoms with Gasteiger partial charge in [-0.15, -0.1) is 11.8 Å². The smallest absolute Gasteiger partial charge is 0.315 e. The maximum Gasteiger partial charge on any atom is 0.315 e. The first-order chi connectivity index (χ1) is 6.63. The quantitative estimate of drug-likeness (QED) is 0.446. The van der Waals surface area contributed by atoms with E-state index >= 15 is 0 Å². The van der Waals surface area contributed by atoms with Crippen LogP contribution in [0, 0.1) is 0 Å². The van der Waals surface area contributed by atoms with Crippen LogP contribution < -0.4 is 11.5 Å². The predicted octanol–water partition coefficient (Wildman–Crippen LogP) is 1.12. The van der Waals surface area contributed by atoms with Crippen molar-refractivity contribution >= 4 is 29.1 Å². The standard InChI is InChI=1S/C9H12N2O2S/c1-13-9(12)5-14-6-2-3-7(10)8(11)4-6/h2-4H,5,10-11H2,1H3. The zero-order chi connectivity index (χ0) is 10.6. The number of thioether (sulfide) groups is 1. The first-order valence-electron chi connectivity index (χ1n) is 3.98. The molecule has 5 heteroatoms. The Hall–Kier alpha value is -1.36.